The first-order chi connectivity index (χ1) is 10.9. The molecule has 3 rings (SSSR count). The average Bonchev–Trinajstić information content (AvgIpc) is 2.80. The molecular formula is C17H23F3N2O. The first-order valence-electron chi connectivity index (χ1n) is 8.25. The van der Waals surface area contributed by atoms with Crippen LogP contribution in [-0.4, -0.2) is 32.8 Å². The maximum atomic E-state index is 13.6. The molecule has 2 aliphatic rings. The van der Waals surface area contributed by atoms with Crippen molar-refractivity contribution in [2.75, 3.05) is 31.6 Å². The number of hydrogen-bond donors (Lipinski definition) is 1. The van der Waals surface area contributed by atoms with Gasteiger partial charge in [0.25, 0.3) is 0 Å². The molecule has 23 heavy (non-hydrogen) atoms. The van der Waals surface area contributed by atoms with Gasteiger partial charge in [-0.25, -0.2) is 0 Å². The molecule has 0 aromatic heterocycles. The fourth-order valence-electron chi connectivity index (χ4n) is 3.73. The number of anilines is 1. The molecule has 3 nitrogen and oxygen atoms in total. The van der Waals surface area contributed by atoms with Crippen LogP contribution in [-0.2, 0) is 6.18 Å². The largest absolute Gasteiger partial charge is 0.494 e. The van der Waals surface area contributed by atoms with Crippen LogP contribution in [0.1, 0.15) is 43.2 Å². The Balaban J connectivity index is 2.02. The molecule has 1 saturated heterocycles. The summed E-state index contributed by atoms with van der Waals surface area (Å²) in [5, 5.41) is 3.30. The normalized spacial score (nSPS) is 23.6. The van der Waals surface area contributed by atoms with Crippen LogP contribution in [0.4, 0.5) is 18.9 Å². The Kier molecular flexibility index (Phi) is 4.45. The van der Waals surface area contributed by atoms with Gasteiger partial charge in [0.15, 0.2) is 0 Å². The quantitative estimate of drug-likeness (QED) is 0.851. The number of benzene rings is 1. The number of ether oxygens (including phenoxy) is 1. The maximum absolute atomic E-state index is 13.6. The predicted octanol–water partition coefficient (Wildman–Crippen LogP) is 3.78. The van der Waals surface area contributed by atoms with Crippen molar-refractivity contribution in [1.82, 2.24) is 5.32 Å². The van der Waals surface area contributed by atoms with Crippen LogP contribution in [0, 0.1) is 0 Å². The van der Waals surface area contributed by atoms with Crippen LogP contribution in [0.15, 0.2) is 12.1 Å². The first kappa shape index (κ1) is 16.4. The van der Waals surface area contributed by atoms with Gasteiger partial charge in [0, 0.05) is 25.6 Å². The molecule has 1 N–H and O–H groups in total. The number of piperidine rings is 1. The number of hydrogen-bond acceptors (Lipinski definition) is 3. The molecular weight excluding hydrogens is 305 g/mol. The van der Waals surface area contributed by atoms with E-state index in [4.69, 9.17) is 4.74 Å². The van der Waals surface area contributed by atoms with Gasteiger partial charge in [-0.2, -0.15) is 13.2 Å². The van der Waals surface area contributed by atoms with Gasteiger partial charge in [-0.05, 0) is 37.1 Å². The maximum Gasteiger partial charge on any atom is 0.418 e. The Morgan fingerprint density at radius 2 is 2.13 bits per heavy atom. The van der Waals surface area contributed by atoms with Gasteiger partial charge in [-0.1, -0.05) is 13.3 Å². The summed E-state index contributed by atoms with van der Waals surface area (Å²) in [6, 6.07) is 3.11. The van der Waals surface area contributed by atoms with Crippen LogP contribution in [0.25, 0.3) is 0 Å². The number of halogens is 3. The number of likely N-dealkylation sites (N-methyl/N-ethyl adjacent to an activating group) is 1. The van der Waals surface area contributed by atoms with Crippen molar-refractivity contribution in [2.45, 2.75) is 44.3 Å². The Morgan fingerprint density at radius 1 is 1.35 bits per heavy atom. The van der Waals surface area contributed by atoms with Crippen molar-refractivity contribution >= 4 is 5.69 Å². The van der Waals surface area contributed by atoms with Crippen molar-refractivity contribution in [3.8, 4) is 5.75 Å². The van der Waals surface area contributed by atoms with E-state index in [0.29, 0.717) is 18.0 Å². The molecule has 1 fully saturated rings. The second kappa shape index (κ2) is 6.23. The standard InChI is InChI=1S/C17H23F3N2O/c1-3-4-7-23-11-8-12-13-10-21-6-5-15(13)22(2)16(12)14(9-11)17(18,19)20/h8-9,13,15,21H,3-7,10H2,1-2H3/t13-,15-/m1/s1. The number of rotatable bonds is 4. The van der Waals surface area contributed by atoms with E-state index in [9.17, 15) is 13.2 Å². The van der Waals surface area contributed by atoms with E-state index in [1.807, 2.05) is 17.9 Å². The van der Waals surface area contributed by atoms with Crippen LogP contribution in [0.5, 0.6) is 5.75 Å². The molecule has 1 aromatic rings. The van der Waals surface area contributed by atoms with E-state index in [1.54, 1.807) is 7.05 Å². The number of unbranched alkanes of at least 4 members (excludes halogenated alkanes) is 1. The number of nitrogens with one attached hydrogen (secondary N) is 1. The lowest BCUT2D eigenvalue weighted by Crippen LogP contribution is -2.42. The van der Waals surface area contributed by atoms with Gasteiger partial charge in [0.2, 0.25) is 0 Å². The summed E-state index contributed by atoms with van der Waals surface area (Å²) in [6.45, 7) is 4.05. The van der Waals surface area contributed by atoms with E-state index in [-0.39, 0.29) is 12.0 Å². The fraction of sp³-hybridized carbons (Fsp3) is 0.647. The minimum absolute atomic E-state index is 0.0968. The third kappa shape index (κ3) is 3.01. The zero-order valence-electron chi connectivity index (χ0n) is 13.5. The van der Waals surface area contributed by atoms with Gasteiger partial charge in [0.1, 0.15) is 5.75 Å². The molecule has 2 aliphatic heterocycles. The van der Waals surface area contributed by atoms with Crippen molar-refractivity contribution in [3.63, 3.8) is 0 Å². The van der Waals surface area contributed by atoms with E-state index in [1.165, 1.54) is 0 Å². The second-order valence-electron chi connectivity index (χ2n) is 6.39. The molecule has 0 spiro atoms. The third-order valence-electron chi connectivity index (χ3n) is 4.88. The minimum Gasteiger partial charge on any atom is -0.494 e. The van der Waals surface area contributed by atoms with Crippen molar-refractivity contribution in [3.05, 3.63) is 23.3 Å². The van der Waals surface area contributed by atoms with Crippen molar-refractivity contribution < 1.29 is 17.9 Å². The smallest absolute Gasteiger partial charge is 0.418 e. The topological polar surface area (TPSA) is 24.5 Å². The predicted molar refractivity (Wildman–Crippen MR) is 84.3 cm³/mol. The van der Waals surface area contributed by atoms with Gasteiger partial charge >= 0.3 is 6.18 Å². The number of fused-ring (bicyclic) bond motifs is 3. The van der Waals surface area contributed by atoms with E-state index in [2.05, 4.69) is 5.32 Å². The molecule has 0 radical (unpaired) electrons. The molecule has 128 valence electrons. The number of alkyl halides is 3. The highest BCUT2D eigenvalue weighted by Gasteiger charge is 2.45. The lowest BCUT2D eigenvalue weighted by molar-refractivity contribution is -0.137. The second-order valence-corrected chi connectivity index (χ2v) is 6.39. The Labute approximate surface area is 134 Å². The van der Waals surface area contributed by atoms with Gasteiger partial charge in [-0.15, -0.1) is 0 Å². The highest BCUT2D eigenvalue weighted by atomic mass is 19.4. The lowest BCUT2D eigenvalue weighted by atomic mass is 9.89. The highest BCUT2D eigenvalue weighted by molar-refractivity contribution is 5.69. The molecule has 0 bridgehead atoms. The Bertz CT molecular complexity index is 574. The molecule has 1 aromatic carbocycles. The average molecular weight is 328 g/mol. The van der Waals surface area contributed by atoms with Gasteiger partial charge < -0.3 is 15.0 Å². The summed E-state index contributed by atoms with van der Waals surface area (Å²) < 4.78 is 46.3. The zero-order chi connectivity index (χ0) is 16.6. The summed E-state index contributed by atoms with van der Waals surface area (Å²) in [7, 11) is 1.78. The molecule has 2 atom stereocenters. The summed E-state index contributed by atoms with van der Waals surface area (Å²) in [5.74, 6) is 0.434. The summed E-state index contributed by atoms with van der Waals surface area (Å²) in [5.41, 5.74) is 0.531. The molecule has 0 unspecified atom stereocenters. The van der Waals surface area contributed by atoms with Crippen molar-refractivity contribution in [2.24, 2.45) is 0 Å². The zero-order valence-corrected chi connectivity index (χ0v) is 13.5. The van der Waals surface area contributed by atoms with Crippen LogP contribution < -0.4 is 15.0 Å². The van der Waals surface area contributed by atoms with Gasteiger partial charge in [0.05, 0.1) is 17.9 Å². The summed E-state index contributed by atoms with van der Waals surface area (Å²) >= 11 is 0. The minimum atomic E-state index is -4.37. The van der Waals surface area contributed by atoms with Crippen LogP contribution >= 0.6 is 0 Å². The summed E-state index contributed by atoms with van der Waals surface area (Å²) in [4.78, 5) is 1.82. The van der Waals surface area contributed by atoms with Crippen molar-refractivity contribution in [1.29, 1.82) is 0 Å². The molecule has 0 amide bonds. The molecule has 2 heterocycles. The van der Waals surface area contributed by atoms with E-state index < -0.39 is 11.7 Å². The monoisotopic (exact) mass is 328 g/mol. The fourth-order valence-corrected chi connectivity index (χ4v) is 3.73. The van der Waals surface area contributed by atoms with E-state index in [0.717, 1.165) is 44.0 Å². The van der Waals surface area contributed by atoms with E-state index >= 15 is 0 Å². The van der Waals surface area contributed by atoms with Crippen LogP contribution in [0.2, 0.25) is 0 Å². The number of nitrogens with zero attached hydrogens (tertiary/aromatic N) is 1. The lowest BCUT2D eigenvalue weighted by Gasteiger charge is -2.31. The van der Waals surface area contributed by atoms with Gasteiger partial charge in [-0.3, -0.25) is 0 Å². The Morgan fingerprint density at radius 3 is 2.83 bits per heavy atom. The summed E-state index contributed by atoms with van der Waals surface area (Å²) in [6.07, 6.45) is -1.72. The SMILES string of the molecule is CCCCOc1cc2c(c(C(F)(F)F)c1)N(C)[C@@H]1CCNC[C@H]21. The molecule has 6 heteroatoms. The first-order valence-corrected chi connectivity index (χ1v) is 8.25. The Hall–Kier alpha value is -1.43. The highest BCUT2D eigenvalue weighted by Crippen LogP contribution is 2.50. The van der Waals surface area contributed by atoms with Crippen LogP contribution in [0.3, 0.4) is 0 Å². The molecule has 0 aliphatic carbocycles. The molecule has 0 saturated carbocycles. The third-order valence-corrected chi connectivity index (χ3v) is 4.88.